The van der Waals surface area contributed by atoms with Crippen LogP contribution in [0.4, 0.5) is 22.9 Å². The highest BCUT2D eigenvalue weighted by atomic mass is 16.6. The lowest BCUT2D eigenvalue weighted by molar-refractivity contribution is -0.385. The van der Waals surface area contributed by atoms with Gasteiger partial charge in [-0.3, -0.25) is 20.2 Å². The summed E-state index contributed by atoms with van der Waals surface area (Å²) in [5.41, 5.74) is 0.702. The van der Waals surface area contributed by atoms with Crippen LogP contribution in [-0.4, -0.2) is 43.9 Å². The van der Waals surface area contributed by atoms with E-state index in [0.29, 0.717) is 16.9 Å². The molecule has 2 aromatic carbocycles. The first-order valence-corrected chi connectivity index (χ1v) is 11.2. The van der Waals surface area contributed by atoms with Gasteiger partial charge in [0.15, 0.2) is 0 Å². The standard InChI is InChI=1S/C25H18N8O6/c26-11-16-1-3-17(4-2-16)21-9-20(39-25(34)18-12-27-15-28-13-18)10-22(24(21)33(37)38)29-7-8-30-23-6-5-19(14-31-23)32(35)36/h1-6,9-10,12-15,29H,7-8H2,(H,30,31). The Labute approximate surface area is 220 Å². The number of esters is 1. The predicted molar refractivity (Wildman–Crippen MR) is 138 cm³/mol. The third-order valence-corrected chi connectivity index (χ3v) is 5.30. The number of nitro groups is 2. The van der Waals surface area contributed by atoms with Crippen LogP contribution in [-0.2, 0) is 0 Å². The molecule has 0 atom stereocenters. The van der Waals surface area contributed by atoms with Gasteiger partial charge in [0.05, 0.1) is 32.6 Å². The molecule has 39 heavy (non-hydrogen) atoms. The van der Waals surface area contributed by atoms with Crippen molar-refractivity contribution in [3.05, 3.63) is 105 Å². The van der Waals surface area contributed by atoms with Crippen molar-refractivity contribution in [2.45, 2.75) is 0 Å². The molecule has 194 valence electrons. The summed E-state index contributed by atoms with van der Waals surface area (Å²) in [5.74, 6) is -0.351. The minimum Gasteiger partial charge on any atom is -0.423 e. The van der Waals surface area contributed by atoms with Crippen molar-refractivity contribution in [3.63, 3.8) is 0 Å². The molecule has 0 unspecified atom stereocenters. The van der Waals surface area contributed by atoms with Gasteiger partial charge in [0.25, 0.3) is 11.4 Å². The highest BCUT2D eigenvalue weighted by Crippen LogP contribution is 2.40. The molecule has 4 rings (SSSR count). The fourth-order valence-corrected chi connectivity index (χ4v) is 3.50. The molecule has 0 saturated carbocycles. The molecule has 2 heterocycles. The fourth-order valence-electron chi connectivity index (χ4n) is 3.50. The Kier molecular flexibility index (Phi) is 7.93. The molecule has 0 bridgehead atoms. The lowest BCUT2D eigenvalue weighted by Crippen LogP contribution is -2.16. The number of nitrogens with one attached hydrogen (secondary N) is 2. The van der Waals surface area contributed by atoms with Crippen molar-refractivity contribution in [2.24, 2.45) is 0 Å². The van der Waals surface area contributed by atoms with Crippen molar-refractivity contribution in [1.29, 1.82) is 5.26 Å². The highest BCUT2D eigenvalue weighted by Gasteiger charge is 2.24. The van der Waals surface area contributed by atoms with Gasteiger partial charge in [0.2, 0.25) is 0 Å². The van der Waals surface area contributed by atoms with Gasteiger partial charge in [-0.2, -0.15) is 5.26 Å². The molecule has 2 aromatic heterocycles. The number of carbonyl (C=O) groups excluding carboxylic acids is 1. The van der Waals surface area contributed by atoms with Gasteiger partial charge in [-0.25, -0.2) is 19.7 Å². The number of carbonyl (C=O) groups is 1. The number of hydrogen-bond donors (Lipinski definition) is 2. The molecule has 0 radical (unpaired) electrons. The number of nitriles is 1. The molecule has 2 N–H and O–H groups in total. The Morgan fingerprint density at radius 3 is 2.28 bits per heavy atom. The quantitative estimate of drug-likeness (QED) is 0.0992. The SMILES string of the molecule is N#Cc1ccc(-c2cc(OC(=O)c3cncnc3)cc(NCCNc3ccc([N+](=O)[O-])cn3)c2[N+](=O)[O-])cc1. The zero-order valence-electron chi connectivity index (χ0n) is 20.0. The normalized spacial score (nSPS) is 10.2. The van der Waals surface area contributed by atoms with Crippen LogP contribution in [0.5, 0.6) is 5.75 Å². The smallest absolute Gasteiger partial charge is 0.346 e. The van der Waals surface area contributed by atoms with Crippen LogP contribution in [0.2, 0.25) is 0 Å². The molecule has 0 spiro atoms. The van der Waals surface area contributed by atoms with Crippen LogP contribution in [0.25, 0.3) is 11.1 Å². The Morgan fingerprint density at radius 2 is 1.67 bits per heavy atom. The van der Waals surface area contributed by atoms with Gasteiger partial charge in [-0.1, -0.05) is 12.1 Å². The summed E-state index contributed by atoms with van der Waals surface area (Å²) in [7, 11) is 0. The molecule has 0 saturated heterocycles. The predicted octanol–water partition coefficient (Wildman–Crippen LogP) is 3.97. The molecule has 14 heteroatoms. The number of benzene rings is 2. The molecule has 0 amide bonds. The lowest BCUT2D eigenvalue weighted by atomic mass is 10.0. The monoisotopic (exact) mass is 526 g/mol. The van der Waals surface area contributed by atoms with E-state index in [4.69, 9.17) is 10.00 Å². The maximum Gasteiger partial charge on any atom is 0.346 e. The summed E-state index contributed by atoms with van der Waals surface area (Å²) in [6.07, 6.45) is 4.92. The van der Waals surface area contributed by atoms with E-state index in [1.54, 1.807) is 12.1 Å². The molecule has 0 aliphatic rings. The van der Waals surface area contributed by atoms with E-state index in [-0.39, 0.29) is 47.0 Å². The Hall–Kier alpha value is -5.97. The first-order valence-electron chi connectivity index (χ1n) is 11.2. The van der Waals surface area contributed by atoms with E-state index in [1.165, 1.54) is 55.1 Å². The lowest BCUT2D eigenvalue weighted by Gasteiger charge is -2.14. The molecular formula is C25H18N8O6. The van der Waals surface area contributed by atoms with Crippen molar-refractivity contribution >= 4 is 28.8 Å². The maximum atomic E-state index is 12.6. The van der Waals surface area contributed by atoms with E-state index in [9.17, 15) is 25.0 Å². The average molecular weight is 526 g/mol. The summed E-state index contributed by atoms with van der Waals surface area (Å²) in [6.45, 7) is 0.426. The molecule has 0 fully saturated rings. The van der Waals surface area contributed by atoms with Crippen molar-refractivity contribution in [1.82, 2.24) is 15.0 Å². The van der Waals surface area contributed by atoms with E-state index in [1.807, 2.05) is 6.07 Å². The van der Waals surface area contributed by atoms with E-state index in [0.717, 1.165) is 6.20 Å². The molecular weight excluding hydrogens is 508 g/mol. The first-order chi connectivity index (χ1) is 18.9. The third kappa shape index (κ3) is 6.43. The second kappa shape index (κ2) is 11.8. The van der Waals surface area contributed by atoms with Gasteiger partial charge in [0, 0.05) is 37.6 Å². The molecule has 14 nitrogen and oxygen atoms in total. The summed E-state index contributed by atoms with van der Waals surface area (Å²) >= 11 is 0. The Bertz CT molecular complexity index is 1550. The number of anilines is 2. The second-order valence-electron chi connectivity index (χ2n) is 7.84. The summed E-state index contributed by atoms with van der Waals surface area (Å²) in [5, 5.41) is 38.0. The number of aromatic nitrogens is 3. The maximum absolute atomic E-state index is 12.6. The van der Waals surface area contributed by atoms with Crippen LogP contribution in [0.15, 0.2) is 73.4 Å². The zero-order chi connectivity index (χ0) is 27.8. The van der Waals surface area contributed by atoms with Crippen LogP contribution < -0.4 is 15.4 Å². The minimum atomic E-state index is -0.757. The van der Waals surface area contributed by atoms with Crippen LogP contribution >= 0.6 is 0 Å². The van der Waals surface area contributed by atoms with Gasteiger partial charge in [0.1, 0.15) is 29.8 Å². The summed E-state index contributed by atoms with van der Waals surface area (Å²) < 4.78 is 5.47. The molecule has 0 aliphatic heterocycles. The van der Waals surface area contributed by atoms with Gasteiger partial charge < -0.3 is 15.4 Å². The van der Waals surface area contributed by atoms with Gasteiger partial charge in [-0.15, -0.1) is 0 Å². The number of ether oxygens (including phenoxy) is 1. The van der Waals surface area contributed by atoms with E-state index >= 15 is 0 Å². The Morgan fingerprint density at radius 1 is 0.949 bits per heavy atom. The second-order valence-corrected chi connectivity index (χ2v) is 7.84. The largest absolute Gasteiger partial charge is 0.423 e. The van der Waals surface area contributed by atoms with Crippen LogP contribution in [0, 0.1) is 31.6 Å². The number of nitro benzene ring substituents is 1. The first kappa shape index (κ1) is 26.1. The highest BCUT2D eigenvalue weighted by molar-refractivity contribution is 5.91. The third-order valence-electron chi connectivity index (χ3n) is 5.30. The number of pyridine rings is 1. The van der Waals surface area contributed by atoms with Crippen molar-refractivity contribution in [3.8, 4) is 22.9 Å². The number of nitrogens with zero attached hydrogens (tertiary/aromatic N) is 6. The molecule has 0 aliphatic carbocycles. The average Bonchev–Trinajstić information content (AvgIpc) is 2.95. The van der Waals surface area contributed by atoms with E-state index in [2.05, 4.69) is 25.6 Å². The number of rotatable bonds is 10. The fraction of sp³-hybridized carbons (Fsp3) is 0.0800. The van der Waals surface area contributed by atoms with Gasteiger partial charge in [-0.05, 0) is 29.8 Å². The Balaban J connectivity index is 1.62. The topological polar surface area (TPSA) is 199 Å². The van der Waals surface area contributed by atoms with Crippen LogP contribution in [0.1, 0.15) is 15.9 Å². The minimum absolute atomic E-state index is 0.0290. The van der Waals surface area contributed by atoms with Crippen molar-refractivity contribution < 1.29 is 19.4 Å². The summed E-state index contributed by atoms with van der Waals surface area (Å²) in [4.78, 5) is 45.9. The van der Waals surface area contributed by atoms with Gasteiger partial charge >= 0.3 is 5.97 Å². The molecule has 4 aromatic rings. The zero-order valence-corrected chi connectivity index (χ0v) is 20.0. The van der Waals surface area contributed by atoms with Crippen LogP contribution in [0.3, 0.4) is 0 Å². The number of hydrogen-bond acceptors (Lipinski definition) is 12. The van der Waals surface area contributed by atoms with E-state index < -0.39 is 15.8 Å². The van der Waals surface area contributed by atoms with Crippen molar-refractivity contribution in [2.75, 3.05) is 23.7 Å². The summed E-state index contributed by atoms with van der Waals surface area (Å²) in [6, 6.07) is 13.6.